The van der Waals surface area contributed by atoms with Crippen molar-refractivity contribution in [2.45, 2.75) is 19.9 Å². The Morgan fingerprint density at radius 1 is 1.21 bits per heavy atom. The molecule has 0 saturated heterocycles. The molecule has 0 spiro atoms. The molecule has 0 bridgehead atoms. The summed E-state index contributed by atoms with van der Waals surface area (Å²) in [4.78, 5) is 45.4. The molecule has 33 heavy (non-hydrogen) atoms. The highest BCUT2D eigenvalue weighted by atomic mass is 32.1. The van der Waals surface area contributed by atoms with E-state index in [1.807, 2.05) is 0 Å². The predicted octanol–water partition coefficient (Wildman–Crippen LogP) is 4.22. The van der Waals surface area contributed by atoms with Crippen LogP contribution in [0.25, 0.3) is 11.0 Å². The van der Waals surface area contributed by atoms with Crippen LogP contribution in [-0.4, -0.2) is 28.9 Å². The summed E-state index contributed by atoms with van der Waals surface area (Å²) in [5.74, 6) is -0.657. The van der Waals surface area contributed by atoms with Crippen LogP contribution < -0.4 is 15.1 Å². The number of ketones is 1. The number of para-hydroxylation sites is 1. The molecule has 1 N–H and O–H groups in total. The van der Waals surface area contributed by atoms with Crippen molar-refractivity contribution in [1.29, 1.82) is 0 Å². The van der Waals surface area contributed by atoms with Gasteiger partial charge in [0.15, 0.2) is 27.8 Å². The average Bonchev–Trinajstić information content (AvgIpc) is 3.32. The van der Waals surface area contributed by atoms with Gasteiger partial charge in [-0.3, -0.25) is 19.3 Å². The standard InChI is InChI=1S/C24H18N2O6S/c1-11-22(12(2)27)33-24(25-11)26-19(13-8-9-15(28)17(10-13)31-3)18-20(29)14-6-4-5-7-16(14)32-21(18)23(26)30/h4-10,19,28H,1-3H3/t19-/m0/s1. The van der Waals surface area contributed by atoms with Crippen molar-refractivity contribution in [3.05, 3.63) is 80.1 Å². The molecule has 0 saturated carbocycles. The van der Waals surface area contributed by atoms with Crippen LogP contribution in [0.4, 0.5) is 5.13 Å². The second kappa shape index (κ2) is 7.56. The van der Waals surface area contributed by atoms with Crippen LogP contribution in [0.3, 0.4) is 0 Å². The Morgan fingerprint density at radius 3 is 2.67 bits per heavy atom. The van der Waals surface area contributed by atoms with Crippen molar-refractivity contribution in [3.8, 4) is 11.5 Å². The molecule has 1 aliphatic heterocycles. The number of carbonyl (C=O) groups excluding carboxylic acids is 2. The van der Waals surface area contributed by atoms with Gasteiger partial charge in [0.25, 0.3) is 5.91 Å². The molecular weight excluding hydrogens is 444 g/mol. The number of aromatic nitrogens is 1. The first-order valence-electron chi connectivity index (χ1n) is 10.1. The highest BCUT2D eigenvalue weighted by Crippen LogP contribution is 2.44. The Labute approximate surface area is 191 Å². The summed E-state index contributed by atoms with van der Waals surface area (Å²) in [7, 11) is 1.41. The van der Waals surface area contributed by atoms with E-state index in [9.17, 15) is 19.5 Å². The number of aromatic hydroxyl groups is 1. The van der Waals surface area contributed by atoms with Gasteiger partial charge in [-0.15, -0.1) is 0 Å². The molecule has 1 amide bonds. The maximum atomic E-state index is 13.6. The van der Waals surface area contributed by atoms with Crippen molar-refractivity contribution in [2.24, 2.45) is 0 Å². The van der Waals surface area contributed by atoms with Crippen LogP contribution in [0.15, 0.2) is 51.7 Å². The fourth-order valence-electron chi connectivity index (χ4n) is 4.11. The monoisotopic (exact) mass is 462 g/mol. The number of amides is 1. The van der Waals surface area contributed by atoms with E-state index in [-0.39, 0.29) is 39.2 Å². The lowest BCUT2D eigenvalue weighted by molar-refractivity contribution is 0.0969. The van der Waals surface area contributed by atoms with E-state index in [2.05, 4.69) is 4.98 Å². The second-order valence-electron chi connectivity index (χ2n) is 7.65. The summed E-state index contributed by atoms with van der Waals surface area (Å²) in [5.41, 5.74) is 1.16. The van der Waals surface area contributed by atoms with E-state index in [1.54, 1.807) is 43.3 Å². The lowest BCUT2D eigenvalue weighted by Gasteiger charge is -2.23. The van der Waals surface area contributed by atoms with E-state index in [0.29, 0.717) is 27.1 Å². The minimum absolute atomic E-state index is 0.0760. The average molecular weight is 462 g/mol. The highest BCUT2D eigenvalue weighted by molar-refractivity contribution is 7.17. The molecular formula is C24H18N2O6S. The topological polar surface area (TPSA) is 110 Å². The number of aryl methyl sites for hydroxylation is 1. The zero-order chi connectivity index (χ0) is 23.4. The van der Waals surface area contributed by atoms with E-state index in [0.717, 1.165) is 11.3 Å². The highest BCUT2D eigenvalue weighted by Gasteiger charge is 2.45. The summed E-state index contributed by atoms with van der Waals surface area (Å²) in [6.45, 7) is 3.13. The minimum Gasteiger partial charge on any atom is -0.504 e. The first-order chi connectivity index (χ1) is 15.8. The van der Waals surface area contributed by atoms with Crippen LogP contribution in [0.5, 0.6) is 11.5 Å². The number of hydrogen-bond acceptors (Lipinski definition) is 8. The molecule has 4 aromatic rings. The Kier molecular flexibility index (Phi) is 4.79. The fraction of sp³-hybridized carbons (Fsp3) is 0.167. The zero-order valence-electron chi connectivity index (χ0n) is 17.9. The quantitative estimate of drug-likeness (QED) is 0.452. The number of phenolic OH excluding ortho intramolecular Hbond substituents is 1. The van der Waals surface area contributed by atoms with Crippen molar-refractivity contribution in [1.82, 2.24) is 4.98 Å². The molecule has 0 radical (unpaired) electrons. The lowest BCUT2D eigenvalue weighted by Crippen LogP contribution is -2.29. The van der Waals surface area contributed by atoms with Crippen molar-refractivity contribution in [3.63, 3.8) is 0 Å². The van der Waals surface area contributed by atoms with Crippen LogP contribution >= 0.6 is 11.3 Å². The first-order valence-corrected chi connectivity index (χ1v) is 10.9. The molecule has 166 valence electrons. The van der Waals surface area contributed by atoms with Gasteiger partial charge in [-0.25, -0.2) is 4.98 Å². The number of ether oxygens (including phenoxy) is 1. The summed E-state index contributed by atoms with van der Waals surface area (Å²) in [6, 6.07) is 10.5. The van der Waals surface area contributed by atoms with Crippen LogP contribution in [0.2, 0.25) is 0 Å². The number of hydrogen-bond donors (Lipinski definition) is 1. The Morgan fingerprint density at radius 2 is 1.97 bits per heavy atom. The number of fused-ring (bicyclic) bond motifs is 2. The van der Waals surface area contributed by atoms with Gasteiger partial charge >= 0.3 is 0 Å². The van der Waals surface area contributed by atoms with Crippen molar-refractivity contribution >= 4 is 39.1 Å². The summed E-state index contributed by atoms with van der Waals surface area (Å²) in [5, 5.41) is 10.7. The molecule has 0 aliphatic carbocycles. The largest absolute Gasteiger partial charge is 0.504 e. The van der Waals surface area contributed by atoms with Crippen molar-refractivity contribution in [2.75, 3.05) is 12.0 Å². The van der Waals surface area contributed by atoms with Gasteiger partial charge in [0.1, 0.15) is 5.58 Å². The number of Topliss-reactive ketones (excluding diaryl/α,β-unsaturated/α-hetero) is 1. The van der Waals surface area contributed by atoms with Gasteiger partial charge < -0.3 is 14.3 Å². The first kappa shape index (κ1) is 20.9. The van der Waals surface area contributed by atoms with E-state index in [4.69, 9.17) is 9.15 Å². The third kappa shape index (κ3) is 3.12. The van der Waals surface area contributed by atoms with Gasteiger partial charge in [0, 0.05) is 6.92 Å². The molecule has 8 nitrogen and oxygen atoms in total. The maximum absolute atomic E-state index is 13.6. The zero-order valence-corrected chi connectivity index (χ0v) is 18.7. The number of thiazole rings is 1. The van der Waals surface area contributed by atoms with E-state index in [1.165, 1.54) is 25.0 Å². The number of methoxy groups -OCH3 is 1. The molecule has 1 aliphatic rings. The molecule has 0 fully saturated rings. The van der Waals surface area contributed by atoms with Crippen LogP contribution in [0.1, 0.15) is 50.0 Å². The van der Waals surface area contributed by atoms with Crippen LogP contribution in [-0.2, 0) is 0 Å². The smallest absolute Gasteiger partial charge is 0.297 e. The summed E-state index contributed by atoms with van der Waals surface area (Å²) >= 11 is 1.08. The Balaban J connectivity index is 1.81. The Hall–Kier alpha value is -3.98. The molecule has 9 heteroatoms. The number of anilines is 1. The predicted molar refractivity (Wildman–Crippen MR) is 123 cm³/mol. The molecule has 0 unspecified atom stereocenters. The Bertz CT molecular complexity index is 1520. The number of benzene rings is 2. The fourth-order valence-corrected chi connectivity index (χ4v) is 5.10. The molecule has 1 atom stereocenters. The van der Waals surface area contributed by atoms with Gasteiger partial charge in [-0.1, -0.05) is 29.5 Å². The molecule has 2 aromatic carbocycles. The van der Waals surface area contributed by atoms with Gasteiger partial charge in [-0.2, -0.15) is 0 Å². The number of nitrogens with zero attached hydrogens (tertiary/aromatic N) is 2. The van der Waals surface area contributed by atoms with Gasteiger partial charge in [0.05, 0.1) is 34.7 Å². The number of rotatable bonds is 4. The summed E-state index contributed by atoms with van der Waals surface area (Å²) in [6.07, 6.45) is 0. The maximum Gasteiger partial charge on any atom is 0.297 e. The van der Waals surface area contributed by atoms with Crippen LogP contribution in [0, 0.1) is 6.92 Å². The lowest BCUT2D eigenvalue weighted by atomic mass is 9.98. The summed E-state index contributed by atoms with van der Waals surface area (Å²) < 4.78 is 11.1. The minimum atomic E-state index is -0.881. The van der Waals surface area contributed by atoms with Gasteiger partial charge in [-0.05, 0) is 36.8 Å². The van der Waals surface area contributed by atoms with E-state index < -0.39 is 11.9 Å². The number of phenols is 1. The number of carbonyl (C=O) groups is 2. The molecule has 2 aromatic heterocycles. The SMILES string of the molecule is COc1cc([C@H]2c3c(oc4ccccc4c3=O)C(=O)N2c2nc(C)c(C(C)=O)s2)ccc1O. The normalized spacial score (nSPS) is 15.2. The molecule has 5 rings (SSSR count). The third-order valence-electron chi connectivity index (χ3n) is 5.61. The van der Waals surface area contributed by atoms with Gasteiger partial charge in [0.2, 0.25) is 5.76 Å². The molecule has 3 heterocycles. The third-order valence-corrected chi connectivity index (χ3v) is 6.87. The second-order valence-corrected chi connectivity index (χ2v) is 8.62. The van der Waals surface area contributed by atoms with Crippen molar-refractivity contribution < 1.29 is 23.8 Å². The van der Waals surface area contributed by atoms with E-state index >= 15 is 0 Å².